The average Bonchev–Trinajstić information content (AvgIpc) is 2.95. The van der Waals surface area contributed by atoms with E-state index in [1.807, 2.05) is 19.1 Å². The number of nitrogens with one attached hydrogen (secondary N) is 1. The summed E-state index contributed by atoms with van der Waals surface area (Å²) in [6, 6.07) is 7.32. The highest BCUT2D eigenvalue weighted by molar-refractivity contribution is 5.97. The molecule has 0 aliphatic carbocycles. The van der Waals surface area contributed by atoms with Crippen LogP contribution >= 0.6 is 0 Å². The molecule has 7 nitrogen and oxygen atoms in total. The summed E-state index contributed by atoms with van der Waals surface area (Å²) < 4.78 is 5.24. The molecule has 0 saturated heterocycles. The minimum atomic E-state index is -2.05. The van der Waals surface area contributed by atoms with E-state index in [1.54, 1.807) is 12.1 Å². The molecule has 0 aliphatic rings. The van der Waals surface area contributed by atoms with Crippen molar-refractivity contribution in [2.45, 2.75) is 19.4 Å². The summed E-state index contributed by atoms with van der Waals surface area (Å²) in [6.45, 7) is 2.59. The van der Waals surface area contributed by atoms with Crippen LogP contribution in [0.1, 0.15) is 23.0 Å². The normalized spacial score (nSPS) is 13.4. The van der Waals surface area contributed by atoms with E-state index in [9.17, 15) is 14.7 Å². The van der Waals surface area contributed by atoms with E-state index in [0.29, 0.717) is 5.56 Å². The van der Waals surface area contributed by atoms with Gasteiger partial charge in [-0.2, -0.15) is 0 Å². The smallest absolute Gasteiger partial charge is 0.337 e. The van der Waals surface area contributed by atoms with Gasteiger partial charge in [-0.15, -0.1) is 0 Å². The number of oxazole rings is 1. The maximum atomic E-state index is 12.1. The molecule has 2 aromatic rings. The summed E-state index contributed by atoms with van der Waals surface area (Å²) in [7, 11) is 0. The fourth-order valence-electron chi connectivity index (χ4n) is 1.73. The first kappa shape index (κ1) is 15.7. The second-order valence-corrected chi connectivity index (χ2v) is 5.16. The number of benzene rings is 1. The lowest BCUT2D eigenvalue weighted by molar-refractivity contribution is -0.155. The van der Waals surface area contributed by atoms with Crippen molar-refractivity contribution in [3.05, 3.63) is 41.9 Å². The monoisotopic (exact) mass is 304 g/mol. The second kappa shape index (κ2) is 5.98. The fourth-order valence-corrected chi connectivity index (χ4v) is 1.73. The average molecular weight is 304 g/mol. The number of aromatic nitrogens is 1. The zero-order valence-electron chi connectivity index (χ0n) is 12.2. The summed E-state index contributed by atoms with van der Waals surface area (Å²) in [5, 5.41) is 20.7. The molecule has 0 bridgehead atoms. The van der Waals surface area contributed by atoms with Crippen LogP contribution in [0.3, 0.4) is 0 Å². The lowest BCUT2D eigenvalue weighted by atomic mass is 10.1. The van der Waals surface area contributed by atoms with E-state index in [1.165, 1.54) is 0 Å². The predicted octanol–water partition coefficient (Wildman–Crippen LogP) is 1.22. The van der Waals surface area contributed by atoms with E-state index in [-0.39, 0.29) is 11.5 Å². The Morgan fingerprint density at radius 3 is 2.55 bits per heavy atom. The second-order valence-electron chi connectivity index (χ2n) is 5.16. The Hall–Kier alpha value is -2.67. The van der Waals surface area contributed by atoms with Gasteiger partial charge in [0.25, 0.3) is 5.91 Å². The van der Waals surface area contributed by atoms with E-state index >= 15 is 0 Å². The number of rotatable bonds is 5. The minimum absolute atomic E-state index is 0.0324. The van der Waals surface area contributed by atoms with Crippen molar-refractivity contribution in [1.82, 2.24) is 10.3 Å². The minimum Gasteiger partial charge on any atom is -0.479 e. The number of nitrogens with zero attached hydrogens (tertiary/aromatic N) is 1. The number of carbonyl (C=O) groups excluding carboxylic acids is 1. The van der Waals surface area contributed by atoms with E-state index in [2.05, 4.69) is 10.3 Å². The van der Waals surface area contributed by atoms with Crippen molar-refractivity contribution in [3.8, 4) is 11.3 Å². The number of carbonyl (C=O) groups is 2. The van der Waals surface area contributed by atoms with Gasteiger partial charge in [0.2, 0.25) is 0 Å². The number of aryl methyl sites for hydroxylation is 1. The molecule has 0 spiro atoms. The predicted molar refractivity (Wildman–Crippen MR) is 77.3 cm³/mol. The molecule has 116 valence electrons. The van der Waals surface area contributed by atoms with Gasteiger partial charge in [0.1, 0.15) is 0 Å². The summed E-state index contributed by atoms with van der Waals surface area (Å²) in [5.74, 6) is -1.76. The molecular formula is C15H16N2O5. The van der Waals surface area contributed by atoms with Crippen molar-refractivity contribution in [1.29, 1.82) is 0 Å². The highest BCUT2D eigenvalue weighted by atomic mass is 16.4. The molecule has 1 aromatic heterocycles. The van der Waals surface area contributed by atoms with Gasteiger partial charge in [-0.3, -0.25) is 4.79 Å². The van der Waals surface area contributed by atoms with Crippen molar-refractivity contribution in [2.24, 2.45) is 0 Å². The number of hydrogen-bond donors (Lipinski definition) is 3. The highest BCUT2D eigenvalue weighted by Gasteiger charge is 2.31. The van der Waals surface area contributed by atoms with Gasteiger partial charge >= 0.3 is 5.97 Å². The maximum Gasteiger partial charge on any atom is 0.337 e. The van der Waals surface area contributed by atoms with Gasteiger partial charge in [0, 0.05) is 5.56 Å². The van der Waals surface area contributed by atoms with Crippen molar-refractivity contribution < 1.29 is 24.2 Å². The third-order valence-corrected chi connectivity index (χ3v) is 3.15. The molecule has 1 unspecified atom stereocenters. The van der Waals surface area contributed by atoms with Crippen LogP contribution < -0.4 is 5.32 Å². The largest absolute Gasteiger partial charge is 0.479 e. The topological polar surface area (TPSA) is 113 Å². The molecular weight excluding hydrogens is 288 g/mol. The molecule has 7 heteroatoms. The molecule has 1 atom stereocenters. The Kier molecular flexibility index (Phi) is 4.27. The lowest BCUT2D eigenvalue weighted by Gasteiger charge is -2.17. The van der Waals surface area contributed by atoms with Gasteiger partial charge < -0.3 is 19.9 Å². The number of carboxylic acids is 1. The maximum absolute atomic E-state index is 12.1. The molecule has 1 amide bonds. The number of carboxylic acid groups (broad SMARTS) is 1. The van der Waals surface area contributed by atoms with Crippen LogP contribution in [0.15, 0.2) is 35.1 Å². The Balaban J connectivity index is 2.17. The number of aliphatic carboxylic acids is 1. The van der Waals surface area contributed by atoms with E-state index < -0.39 is 24.0 Å². The van der Waals surface area contributed by atoms with E-state index in [0.717, 1.165) is 18.9 Å². The molecule has 0 aliphatic heterocycles. The summed E-state index contributed by atoms with van der Waals surface area (Å²) in [6.07, 6.45) is 1.14. The fraction of sp³-hybridized carbons (Fsp3) is 0.267. The van der Waals surface area contributed by atoms with Crippen molar-refractivity contribution in [2.75, 3.05) is 6.54 Å². The highest BCUT2D eigenvalue weighted by Crippen LogP contribution is 2.23. The van der Waals surface area contributed by atoms with Crippen LogP contribution in [0.25, 0.3) is 11.3 Å². The SMILES string of the molecule is Cc1ccc(-c2ocnc2C(=O)NCC(C)(O)C(=O)O)cc1. The Labute approximate surface area is 126 Å². The standard InChI is InChI=1S/C15H16N2O5/c1-9-3-5-10(6-4-9)12-11(17-8-22-12)13(18)16-7-15(2,21)14(19)20/h3-6,8,21H,7H2,1-2H3,(H,16,18)(H,19,20). The van der Waals surface area contributed by atoms with Crippen LogP contribution in [-0.2, 0) is 4.79 Å². The zero-order valence-corrected chi connectivity index (χ0v) is 12.2. The molecule has 0 radical (unpaired) electrons. The third kappa shape index (κ3) is 3.32. The van der Waals surface area contributed by atoms with Crippen LogP contribution in [-0.4, -0.2) is 39.2 Å². The lowest BCUT2D eigenvalue weighted by Crippen LogP contribution is -2.46. The first-order valence-electron chi connectivity index (χ1n) is 6.56. The number of hydrogen-bond acceptors (Lipinski definition) is 5. The van der Waals surface area contributed by atoms with E-state index in [4.69, 9.17) is 9.52 Å². The number of amides is 1. The molecule has 22 heavy (non-hydrogen) atoms. The molecule has 3 N–H and O–H groups in total. The first-order valence-corrected chi connectivity index (χ1v) is 6.56. The van der Waals surface area contributed by atoms with Crippen LogP contribution in [0.2, 0.25) is 0 Å². The molecule has 1 heterocycles. The summed E-state index contributed by atoms with van der Waals surface area (Å²) in [4.78, 5) is 26.8. The van der Waals surface area contributed by atoms with Gasteiger partial charge in [0.05, 0.1) is 6.54 Å². The van der Waals surface area contributed by atoms with Crippen LogP contribution in [0.5, 0.6) is 0 Å². The number of aliphatic hydroxyl groups is 1. The molecule has 2 rings (SSSR count). The third-order valence-electron chi connectivity index (χ3n) is 3.15. The summed E-state index contributed by atoms with van der Waals surface area (Å²) >= 11 is 0. The molecule has 0 saturated carbocycles. The Bertz CT molecular complexity index is 688. The van der Waals surface area contributed by atoms with Gasteiger partial charge in [-0.1, -0.05) is 29.8 Å². The Morgan fingerprint density at radius 2 is 1.95 bits per heavy atom. The van der Waals surface area contributed by atoms with Gasteiger partial charge in [-0.05, 0) is 13.8 Å². The van der Waals surface area contributed by atoms with Crippen LogP contribution in [0.4, 0.5) is 0 Å². The van der Waals surface area contributed by atoms with Gasteiger partial charge in [-0.25, -0.2) is 9.78 Å². The zero-order chi connectivity index (χ0) is 16.3. The van der Waals surface area contributed by atoms with Crippen molar-refractivity contribution >= 4 is 11.9 Å². The van der Waals surface area contributed by atoms with Gasteiger partial charge in [0.15, 0.2) is 23.4 Å². The molecule has 1 aromatic carbocycles. The van der Waals surface area contributed by atoms with Crippen LogP contribution in [0, 0.1) is 6.92 Å². The molecule has 0 fully saturated rings. The summed E-state index contributed by atoms with van der Waals surface area (Å²) in [5.41, 5.74) is -0.279. The Morgan fingerprint density at radius 1 is 1.32 bits per heavy atom. The first-order chi connectivity index (χ1) is 10.3. The quantitative estimate of drug-likeness (QED) is 0.765. The van der Waals surface area contributed by atoms with Crippen molar-refractivity contribution in [3.63, 3.8) is 0 Å².